The summed E-state index contributed by atoms with van der Waals surface area (Å²) in [6, 6.07) is 8.42. The van der Waals surface area contributed by atoms with E-state index in [1.807, 2.05) is 12.1 Å². The molecule has 0 aliphatic carbocycles. The Morgan fingerprint density at radius 3 is 2.32 bits per heavy atom. The molecule has 1 aliphatic rings. The molecule has 0 amide bonds. The number of rotatable bonds is 8. The normalized spacial score (nSPS) is 14.6. The number of guanidine groups is 1. The van der Waals surface area contributed by atoms with E-state index in [9.17, 15) is 0 Å². The molecule has 1 aromatic carbocycles. The number of benzene rings is 1. The van der Waals surface area contributed by atoms with Crippen molar-refractivity contribution in [3.8, 4) is 17.2 Å². The number of nitrogens with zero attached hydrogens (tertiary/aromatic N) is 2. The molecule has 1 aromatic heterocycles. The van der Waals surface area contributed by atoms with Gasteiger partial charge in [0.25, 0.3) is 0 Å². The van der Waals surface area contributed by atoms with Gasteiger partial charge in [-0.1, -0.05) is 0 Å². The minimum absolute atomic E-state index is 0. The highest BCUT2D eigenvalue weighted by molar-refractivity contribution is 14.0. The maximum Gasteiger partial charge on any atom is 0.191 e. The van der Waals surface area contributed by atoms with Gasteiger partial charge in [-0.2, -0.15) is 0 Å². The molecule has 172 valence electrons. The zero-order valence-electron chi connectivity index (χ0n) is 18.6. The lowest BCUT2D eigenvalue weighted by Gasteiger charge is -2.33. The predicted octanol–water partition coefficient (Wildman–Crippen LogP) is 4.12. The summed E-state index contributed by atoms with van der Waals surface area (Å²) in [5.74, 6) is 2.91. The minimum atomic E-state index is 0. The Hall–Kier alpha value is -1.88. The number of aliphatic imine (C=N–C) groups is 1. The average Bonchev–Trinajstić information content (AvgIpc) is 3.32. The van der Waals surface area contributed by atoms with Crippen LogP contribution in [0.4, 0.5) is 5.00 Å². The van der Waals surface area contributed by atoms with Gasteiger partial charge in [0.2, 0.25) is 0 Å². The van der Waals surface area contributed by atoms with Crippen LogP contribution in [-0.4, -0.2) is 53.0 Å². The van der Waals surface area contributed by atoms with E-state index >= 15 is 0 Å². The molecule has 9 heteroatoms. The van der Waals surface area contributed by atoms with Crippen molar-refractivity contribution in [3.63, 3.8) is 0 Å². The molecule has 1 fully saturated rings. The van der Waals surface area contributed by atoms with Gasteiger partial charge in [0.15, 0.2) is 5.96 Å². The molecule has 1 saturated heterocycles. The summed E-state index contributed by atoms with van der Waals surface area (Å²) in [4.78, 5) is 7.26. The molecule has 31 heavy (non-hydrogen) atoms. The SMILES string of the molecule is CCNC(=NCc1c(OC)cc(OC)cc1OC)NC1CCN(c2cccs2)CC1.I. The molecule has 0 spiro atoms. The first kappa shape index (κ1) is 25.4. The highest BCUT2D eigenvalue weighted by Crippen LogP contribution is 2.34. The van der Waals surface area contributed by atoms with E-state index in [-0.39, 0.29) is 24.0 Å². The first-order valence-electron chi connectivity index (χ1n) is 10.3. The summed E-state index contributed by atoms with van der Waals surface area (Å²) in [5, 5.41) is 10.4. The minimum Gasteiger partial charge on any atom is -0.496 e. The Kier molecular flexibility index (Phi) is 10.5. The Balaban J connectivity index is 0.00000341. The highest BCUT2D eigenvalue weighted by atomic mass is 127. The van der Waals surface area contributed by atoms with Crippen molar-refractivity contribution in [1.82, 2.24) is 10.6 Å². The lowest BCUT2D eigenvalue weighted by atomic mass is 10.1. The molecular weight excluding hydrogens is 527 g/mol. The van der Waals surface area contributed by atoms with Gasteiger partial charge in [0, 0.05) is 37.8 Å². The summed E-state index contributed by atoms with van der Waals surface area (Å²) in [6.45, 7) is 5.43. The van der Waals surface area contributed by atoms with Gasteiger partial charge >= 0.3 is 0 Å². The van der Waals surface area contributed by atoms with Crippen LogP contribution in [0.15, 0.2) is 34.6 Å². The number of piperidine rings is 1. The monoisotopic (exact) mass is 560 g/mol. The molecule has 2 aromatic rings. The molecule has 2 heterocycles. The Labute approximate surface area is 206 Å². The fourth-order valence-corrected chi connectivity index (χ4v) is 4.38. The number of thiophene rings is 1. The van der Waals surface area contributed by atoms with Crippen molar-refractivity contribution in [2.75, 3.05) is 45.9 Å². The predicted molar refractivity (Wildman–Crippen MR) is 139 cm³/mol. The fourth-order valence-electron chi connectivity index (χ4n) is 3.60. The van der Waals surface area contributed by atoms with Crippen molar-refractivity contribution in [1.29, 1.82) is 0 Å². The Morgan fingerprint density at radius 2 is 1.81 bits per heavy atom. The molecule has 7 nitrogen and oxygen atoms in total. The molecule has 0 unspecified atom stereocenters. The van der Waals surface area contributed by atoms with E-state index in [0.29, 0.717) is 29.8 Å². The third kappa shape index (κ3) is 6.80. The number of halogens is 1. The van der Waals surface area contributed by atoms with Crippen LogP contribution in [0.3, 0.4) is 0 Å². The lowest BCUT2D eigenvalue weighted by molar-refractivity contribution is 0.369. The maximum absolute atomic E-state index is 5.55. The van der Waals surface area contributed by atoms with E-state index in [2.05, 4.69) is 40.0 Å². The number of hydrogen-bond donors (Lipinski definition) is 2. The Morgan fingerprint density at radius 1 is 1.13 bits per heavy atom. The fraction of sp³-hybridized carbons (Fsp3) is 0.500. The third-order valence-corrected chi connectivity index (χ3v) is 6.14. The third-order valence-electron chi connectivity index (χ3n) is 5.21. The molecule has 0 bridgehead atoms. The first-order chi connectivity index (χ1) is 14.7. The van der Waals surface area contributed by atoms with Crippen molar-refractivity contribution in [3.05, 3.63) is 35.2 Å². The number of methoxy groups -OCH3 is 3. The summed E-state index contributed by atoms with van der Waals surface area (Å²) >= 11 is 1.80. The Bertz CT molecular complexity index is 799. The van der Waals surface area contributed by atoms with Crippen LogP contribution in [0.25, 0.3) is 0 Å². The first-order valence-corrected chi connectivity index (χ1v) is 11.2. The second-order valence-electron chi connectivity index (χ2n) is 7.06. The zero-order chi connectivity index (χ0) is 21.3. The summed E-state index contributed by atoms with van der Waals surface area (Å²) in [6.07, 6.45) is 2.16. The van der Waals surface area contributed by atoms with Gasteiger partial charge in [0.05, 0.1) is 38.4 Å². The standard InChI is InChI=1S/C22H32N4O3S.HI/c1-5-23-22(25-16-8-10-26(11-9-16)21-7-6-12-30-21)24-15-18-19(28-3)13-17(27-2)14-20(18)29-4;/h6-7,12-14,16H,5,8-11,15H2,1-4H3,(H2,23,24,25);1H. The second kappa shape index (κ2) is 12.8. The maximum atomic E-state index is 5.55. The summed E-state index contributed by atoms with van der Waals surface area (Å²) in [5.41, 5.74) is 0.894. The van der Waals surface area contributed by atoms with Crippen LogP contribution in [0.5, 0.6) is 17.2 Å². The van der Waals surface area contributed by atoms with Crippen LogP contribution in [0.2, 0.25) is 0 Å². The quantitative estimate of drug-likeness (QED) is 0.288. The molecular formula is C22H33IN4O3S. The van der Waals surface area contributed by atoms with Crippen LogP contribution >= 0.6 is 35.3 Å². The van der Waals surface area contributed by atoms with Gasteiger partial charge in [-0.3, -0.25) is 0 Å². The van der Waals surface area contributed by atoms with E-state index in [0.717, 1.165) is 44.0 Å². The molecule has 0 radical (unpaired) electrons. The van der Waals surface area contributed by atoms with Crippen molar-refractivity contribution < 1.29 is 14.2 Å². The van der Waals surface area contributed by atoms with E-state index in [4.69, 9.17) is 19.2 Å². The van der Waals surface area contributed by atoms with Gasteiger partial charge in [-0.05, 0) is 37.3 Å². The summed E-state index contributed by atoms with van der Waals surface area (Å²) < 4.78 is 16.4. The van der Waals surface area contributed by atoms with Gasteiger partial charge in [-0.25, -0.2) is 4.99 Å². The van der Waals surface area contributed by atoms with Crippen LogP contribution in [-0.2, 0) is 6.54 Å². The van der Waals surface area contributed by atoms with Gasteiger partial charge in [-0.15, -0.1) is 35.3 Å². The van der Waals surface area contributed by atoms with Crippen molar-refractivity contribution in [2.24, 2.45) is 4.99 Å². The number of nitrogens with one attached hydrogen (secondary N) is 2. The largest absolute Gasteiger partial charge is 0.496 e. The molecule has 2 N–H and O–H groups in total. The van der Waals surface area contributed by atoms with Gasteiger partial charge in [0.1, 0.15) is 17.2 Å². The van der Waals surface area contributed by atoms with Crippen LogP contribution in [0, 0.1) is 0 Å². The van der Waals surface area contributed by atoms with Gasteiger partial charge < -0.3 is 29.7 Å². The van der Waals surface area contributed by atoms with Crippen molar-refractivity contribution >= 4 is 46.3 Å². The number of ether oxygens (including phenoxy) is 3. The number of anilines is 1. The summed E-state index contributed by atoms with van der Waals surface area (Å²) in [7, 11) is 4.92. The highest BCUT2D eigenvalue weighted by Gasteiger charge is 2.21. The van der Waals surface area contributed by atoms with E-state index in [1.165, 1.54) is 5.00 Å². The van der Waals surface area contributed by atoms with Crippen molar-refractivity contribution in [2.45, 2.75) is 32.4 Å². The molecule has 0 saturated carbocycles. The number of hydrogen-bond acceptors (Lipinski definition) is 6. The van der Waals surface area contributed by atoms with Crippen LogP contribution in [0.1, 0.15) is 25.3 Å². The van der Waals surface area contributed by atoms with Crippen LogP contribution < -0.4 is 29.7 Å². The average molecular weight is 561 g/mol. The molecule has 0 atom stereocenters. The second-order valence-corrected chi connectivity index (χ2v) is 7.99. The van der Waals surface area contributed by atoms with E-state index in [1.54, 1.807) is 32.7 Å². The smallest absolute Gasteiger partial charge is 0.191 e. The zero-order valence-corrected chi connectivity index (χ0v) is 21.8. The molecule has 3 rings (SSSR count). The lowest BCUT2D eigenvalue weighted by Crippen LogP contribution is -2.48. The topological polar surface area (TPSA) is 67.4 Å². The van der Waals surface area contributed by atoms with E-state index < -0.39 is 0 Å². The molecule has 1 aliphatic heterocycles.